The number of likely N-dealkylation sites (N-methyl/N-ethyl adjacent to an activating group) is 1. The SMILES string of the molecule is COC(CNC1=NCCN1C)c1ccc(F)cc1. The van der Waals surface area contributed by atoms with Crippen molar-refractivity contribution in [2.45, 2.75) is 6.10 Å². The first kappa shape index (κ1) is 12.8. The van der Waals surface area contributed by atoms with Gasteiger partial charge in [-0.1, -0.05) is 12.1 Å². The van der Waals surface area contributed by atoms with Gasteiger partial charge >= 0.3 is 0 Å². The molecule has 1 aromatic carbocycles. The lowest BCUT2D eigenvalue weighted by molar-refractivity contribution is 0.106. The van der Waals surface area contributed by atoms with Gasteiger partial charge in [-0.3, -0.25) is 4.99 Å². The van der Waals surface area contributed by atoms with Crippen LogP contribution in [0, 0.1) is 5.82 Å². The first-order chi connectivity index (χ1) is 8.70. The van der Waals surface area contributed by atoms with Crippen LogP contribution in [0.15, 0.2) is 29.3 Å². The number of aliphatic imine (C=N–C) groups is 1. The second kappa shape index (κ2) is 5.82. The standard InChI is InChI=1S/C13H18FN3O/c1-17-8-7-15-13(17)16-9-12(18-2)10-3-5-11(14)6-4-10/h3-6,12H,7-9H2,1-2H3,(H,15,16). The van der Waals surface area contributed by atoms with E-state index in [2.05, 4.69) is 15.2 Å². The number of guanidine groups is 1. The lowest BCUT2D eigenvalue weighted by Crippen LogP contribution is -2.38. The maximum absolute atomic E-state index is 12.9. The quantitative estimate of drug-likeness (QED) is 0.879. The van der Waals surface area contributed by atoms with E-state index in [-0.39, 0.29) is 11.9 Å². The van der Waals surface area contributed by atoms with Crippen molar-refractivity contribution in [1.82, 2.24) is 10.2 Å². The molecule has 0 radical (unpaired) electrons. The van der Waals surface area contributed by atoms with Crippen molar-refractivity contribution in [3.8, 4) is 0 Å². The predicted octanol–water partition coefficient (Wildman–Crippen LogP) is 1.40. The zero-order valence-corrected chi connectivity index (χ0v) is 10.7. The summed E-state index contributed by atoms with van der Waals surface area (Å²) in [7, 11) is 3.65. The molecule has 0 amide bonds. The van der Waals surface area contributed by atoms with Gasteiger partial charge in [0.05, 0.1) is 12.6 Å². The zero-order valence-electron chi connectivity index (χ0n) is 10.7. The van der Waals surface area contributed by atoms with Gasteiger partial charge in [0.2, 0.25) is 0 Å². The van der Waals surface area contributed by atoms with Crippen LogP contribution in [0.2, 0.25) is 0 Å². The van der Waals surface area contributed by atoms with Gasteiger partial charge in [0, 0.05) is 27.2 Å². The number of nitrogens with one attached hydrogen (secondary N) is 1. The highest BCUT2D eigenvalue weighted by Crippen LogP contribution is 2.16. The molecule has 4 nitrogen and oxygen atoms in total. The number of nitrogens with zero attached hydrogens (tertiary/aromatic N) is 2. The number of methoxy groups -OCH3 is 1. The van der Waals surface area contributed by atoms with Crippen molar-refractivity contribution < 1.29 is 9.13 Å². The molecule has 1 unspecified atom stereocenters. The Hall–Kier alpha value is -1.62. The Kier molecular flexibility index (Phi) is 4.15. The summed E-state index contributed by atoms with van der Waals surface area (Å²) in [6, 6.07) is 6.37. The van der Waals surface area contributed by atoms with Gasteiger partial charge in [0.1, 0.15) is 5.82 Å². The number of rotatable bonds is 4. The molecule has 1 N–H and O–H groups in total. The third-order valence-corrected chi connectivity index (χ3v) is 3.03. The molecule has 0 bridgehead atoms. The molecule has 0 fully saturated rings. The van der Waals surface area contributed by atoms with Crippen LogP contribution in [0.5, 0.6) is 0 Å². The van der Waals surface area contributed by atoms with Crippen molar-refractivity contribution in [1.29, 1.82) is 0 Å². The van der Waals surface area contributed by atoms with E-state index in [1.54, 1.807) is 19.2 Å². The maximum atomic E-state index is 12.9. The minimum absolute atomic E-state index is 0.109. The van der Waals surface area contributed by atoms with Crippen LogP contribution in [-0.4, -0.2) is 44.7 Å². The van der Waals surface area contributed by atoms with Crippen LogP contribution in [0.1, 0.15) is 11.7 Å². The first-order valence-corrected chi connectivity index (χ1v) is 5.98. The molecule has 0 aliphatic carbocycles. The van der Waals surface area contributed by atoms with E-state index < -0.39 is 0 Å². The maximum Gasteiger partial charge on any atom is 0.193 e. The van der Waals surface area contributed by atoms with E-state index in [0.29, 0.717) is 6.54 Å². The van der Waals surface area contributed by atoms with Crippen LogP contribution in [0.4, 0.5) is 4.39 Å². The molecule has 5 heteroatoms. The Morgan fingerprint density at radius 2 is 2.17 bits per heavy atom. The molecule has 2 rings (SSSR count). The highest BCUT2D eigenvalue weighted by molar-refractivity contribution is 5.81. The number of hydrogen-bond donors (Lipinski definition) is 1. The lowest BCUT2D eigenvalue weighted by atomic mass is 10.1. The van der Waals surface area contributed by atoms with Gasteiger partial charge in [0.15, 0.2) is 5.96 Å². The van der Waals surface area contributed by atoms with Crippen molar-refractivity contribution in [3.63, 3.8) is 0 Å². The van der Waals surface area contributed by atoms with E-state index in [1.807, 2.05) is 7.05 Å². The predicted molar refractivity (Wildman–Crippen MR) is 69.1 cm³/mol. The largest absolute Gasteiger partial charge is 0.375 e. The van der Waals surface area contributed by atoms with E-state index in [1.165, 1.54) is 12.1 Å². The van der Waals surface area contributed by atoms with Crippen LogP contribution >= 0.6 is 0 Å². The van der Waals surface area contributed by atoms with Gasteiger partial charge in [-0.2, -0.15) is 0 Å². The molecule has 0 aromatic heterocycles. The Labute approximate surface area is 106 Å². The molecule has 1 aliphatic heterocycles. The van der Waals surface area contributed by atoms with Crippen molar-refractivity contribution >= 4 is 5.96 Å². The molecule has 1 aliphatic rings. The molecule has 0 saturated heterocycles. The van der Waals surface area contributed by atoms with Crippen molar-refractivity contribution in [2.24, 2.45) is 4.99 Å². The third kappa shape index (κ3) is 2.98. The van der Waals surface area contributed by atoms with Gasteiger partial charge in [-0.05, 0) is 17.7 Å². The van der Waals surface area contributed by atoms with Crippen LogP contribution in [0.3, 0.4) is 0 Å². The van der Waals surface area contributed by atoms with Crippen LogP contribution < -0.4 is 5.32 Å². The van der Waals surface area contributed by atoms with Gasteiger partial charge in [-0.25, -0.2) is 4.39 Å². The smallest absolute Gasteiger partial charge is 0.193 e. The molecule has 98 valence electrons. The summed E-state index contributed by atoms with van der Waals surface area (Å²) in [6.45, 7) is 2.38. The van der Waals surface area contributed by atoms with E-state index >= 15 is 0 Å². The summed E-state index contributed by atoms with van der Waals surface area (Å²) >= 11 is 0. The summed E-state index contributed by atoms with van der Waals surface area (Å²) < 4.78 is 18.3. The normalized spacial score (nSPS) is 16.6. The minimum atomic E-state index is -0.235. The monoisotopic (exact) mass is 251 g/mol. The molecule has 1 atom stereocenters. The summed E-state index contributed by atoms with van der Waals surface area (Å²) in [5, 5.41) is 3.25. The molecular formula is C13H18FN3O. The van der Waals surface area contributed by atoms with E-state index in [4.69, 9.17) is 4.74 Å². The highest BCUT2D eigenvalue weighted by Gasteiger charge is 2.15. The second-order valence-electron chi connectivity index (χ2n) is 4.28. The molecule has 1 aromatic rings. The first-order valence-electron chi connectivity index (χ1n) is 5.98. The number of benzene rings is 1. The Balaban J connectivity index is 1.95. The number of ether oxygens (including phenoxy) is 1. The number of halogens is 1. The van der Waals surface area contributed by atoms with E-state index in [9.17, 15) is 4.39 Å². The molecule has 1 heterocycles. The average molecular weight is 251 g/mol. The summed E-state index contributed by atoms with van der Waals surface area (Å²) in [5.41, 5.74) is 0.952. The topological polar surface area (TPSA) is 36.9 Å². The molecule has 0 spiro atoms. The van der Waals surface area contributed by atoms with Gasteiger partial charge < -0.3 is 15.0 Å². The fourth-order valence-corrected chi connectivity index (χ4v) is 1.92. The third-order valence-electron chi connectivity index (χ3n) is 3.03. The van der Waals surface area contributed by atoms with E-state index in [0.717, 1.165) is 24.6 Å². The Morgan fingerprint density at radius 3 is 2.72 bits per heavy atom. The zero-order chi connectivity index (χ0) is 13.0. The summed E-state index contributed by atoms with van der Waals surface area (Å²) in [4.78, 5) is 6.41. The number of hydrogen-bond acceptors (Lipinski definition) is 4. The van der Waals surface area contributed by atoms with Crippen LogP contribution in [0.25, 0.3) is 0 Å². The van der Waals surface area contributed by atoms with Crippen LogP contribution in [-0.2, 0) is 4.74 Å². The van der Waals surface area contributed by atoms with Gasteiger partial charge in [-0.15, -0.1) is 0 Å². The Morgan fingerprint density at radius 1 is 1.44 bits per heavy atom. The van der Waals surface area contributed by atoms with Gasteiger partial charge in [0.25, 0.3) is 0 Å². The summed E-state index contributed by atoms with van der Waals surface area (Å²) in [6.07, 6.45) is -0.109. The van der Waals surface area contributed by atoms with Crippen molar-refractivity contribution in [2.75, 3.05) is 33.8 Å². The fraction of sp³-hybridized carbons (Fsp3) is 0.462. The second-order valence-corrected chi connectivity index (χ2v) is 4.28. The Bertz CT molecular complexity index is 419. The summed E-state index contributed by atoms with van der Waals surface area (Å²) in [5.74, 6) is 0.653. The average Bonchev–Trinajstić information content (AvgIpc) is 2.78. The van der Waals surface area contributed by atoms with Crippen molar-refractivity contribution in [3.05, 3.63) is 35.6 Å². The molecule has 0 saturated carbocycles. The fourth-order valence-electron chi connectivity index (χ4n) is 1.92. The molecule has 18 heavy (non-hydrogen) atoms. The highest BCUT2D eigenvalue weighted by atomic mass is 19.1. The lowest BCUT2D eigenvalue weighted by Gasteiger charge is -2.20. The minimum Gasteiger partial charge on any atom is -0.375 e. The molecular weight excluding hydrogens is 233 g/mol.